The Balaban J connectivity index is 1.84. The molecule has 0 fully saturated rings. The van der Waals surface area contributed by atoms with Crippen molar-refractivity contribution in [3.05, 3.63) is 72.7 Å². The van der Waals surface area contributed by atoms with Crippen LogP contribution in [0.5, 0.6) is 5.75 Å². The number of nitrogens with zero attached hydrogens (tertiary/aromatic N) is 3. The van der Waals surface area contributed by atoms with Crippen LogP contribution in [-0.2, 0) is 6.54 Å². The first-order valence-electron chi connectivity index (χ1n) is 9.06. The Morgan fingerprint density at radius 3 is 2.59 bits per heavy atom. The number of hydrogen-bond acceptors (Lipinski definition) is 4. The van der Waals surface area contributed by atoms with Gasteiger partial charge in [-0.05, 0) is 37.1 Å². The van der Waals surface area contributed by atoms with Gasteiger partial charge in [-0.1, -0.05) is 42.5 Å². The Kier molecular flexibility index (Phi) is 4.50. The molecule has 2 N–H and O–H groups in total. The van der Waals surface area contributed by atoms with Crippen LogP contribution in [-0.4, -0.2) is 19.6 Å². The van der Waals surface area contributed by atoms with E-state index >= 15 is 0 Å². The molecule has 0 aliphatic carbocycles. The van der Waals surface area contributed by atoms with E-state index in [0.717, 1.165) is 28.0 Å². The summed E-state index contributed by atoms with van der Waals surface area (Å²) in [5.74, 6) is 1.04. The van der Waals surface area contributed by atoms with Crippen molar-refractivity contribution >= 4 is 16.9 Å². The normalized spacial score (nSPS) is 11.2. The summed E-state index contributed by atoms with van der Waals surface area (Å²) < 4.78 is 2.14. The molecule has 0 unspecified atom stereocenters. The fraction of sp³-hybridized carbons (Fsp3) is 0.182. The first-order valence-corrected chi connectivity index (χ1v) is 9.06. The summed E-state index contributed by atoms with van der Waals surface area (Å²) in [6, 6.07) is 17.8. The quantitative estimate of drug-likeness (QED) is 0.527. The minimum absolute atomic E-state index is 0.244. The molecule has 27 heavy (non-hydrogen) atoms. The minimum Gasteiger partial charge on any atom is -0.508 e. The number of phenols is 1. The van der Waals surface area contributed by atoms with Gasteiger partial charge in [-0.25, -0.2) is 9.97 Å². The highest BCUT2D eigenvalue weighted by atomic mass is 16.3. The first-order chi connectivity index (χ1) is 13.1. The number of benzene rings is 2. The maximum Gasteiger partial charge on any atom is 0.146 e. The third-order valence-corrected chi connectivity index (χ3v) is 4.63. The smallest absolute Gasteiger partial charge is 0.146 e. The van der Waals surface area contributed by atoms with E-state index in [4.69, 9.17) is 0 Å². The molecule has 4 aromatic rings. The van der Waals surface area contributed by atoms with Crippen LogP contribution in [0.1, 0.15) is 25.5 Å². The lowest BCUT2D eigenvalue weighted by Gasteiger charge is -2.10. The van der Waals surface area contributed by atoms with Crippen molar-refractivity contribution in [2.75, 3.05) is 5.32 Å². The Morgan fingerprint density at radius 1 is 1.04 bits per heavy atom. The summed E-state index contributed by atoms with van der Waals surface area (Å²) in [6.07, 6.45) is 3.69. The summed E-state index contributed by atoms with van der Waals surface area (Å²) in [7, 11) is 0. The maximum absolute atomic E-state index is 9.93. The lowest BCUT2D eigenvalue weighted by atomic mass is 10.1. The molecule has 0 saturated carbocycles. The second-order valence-corrected chi connectivity index (χ2v) is 6.85. The highest BCUT2D eigenvalue weighted by Gasteiger charge is 2.17. The molecule has 0 radical (unpaired) electrons. The predicted octanol–water partition coefficient (Wildman–Crippen LogP) is 5.00. The number of nitrogens with one attached hydrogen (secondary N) is 1. The summed E-state index contributed by atoms with van der Waals surface area (Å²) in [5.41, 5.74) is 4.02. The standard InChI is InChI=1S/C22H22N4O/c1-15(2)26-13-19(17-9-6-10-18(27)11-17)20-21(24-14-25-22(20)26)23-12-16-7-4-3-5-8-16/h3-11,13-15,27H,12H2,1-2H3,(H,23,24,25). The molecule has 0 spiro atoms. The van der Waals surface area contributed by atoms with Crippen molar-refractivity contribution in [3.63, 3.8) is 0 Å². The van der Waals surface area contributed by atoms with Crippen LogP contribution < -0.4 is 5.32 Å². The Bertz CT molecular complexity index is 1070. The molecule has 0 aliphatic rings. The van der Waals surface area contributed by atoms with Gasteiger partial charge in [0.05, 0.1) is 5.39 Å². The zero-order valence-corrected chi connectivity index (χ0v) is 15.4. The van der Waals surface area contributed by atoms with E-state index in [9.17, 15) is 5.11 Å². The van der Waals surface area contributed by atoms with Crippen molar-refractivity contribution in [1.82, 2.24) is 14.5 Å². The van der Waals surface area contributed by atoms with Crippen molar-refractivity contribution in [2.45, 2.75) is 26.4 Å². The summed E-state index contributed by atoms with van der Waals surface area (Å²) in [4.78, 5) is 9.04. The number of aromatic nitrogens is 3. The number of hydrogen-bond donors (Lipinski definition) is 2. The molecule has 136 valence electrons. The van der Waals surface area contributed by atoms with Gasteiger partial charge < -0.3 is 15.0 Å². The number of anilines is 1. The van der Waals surface area contributed by atoms with Crippen LogP contribution >= 0.6 is 0 Å². The van der Waals surface area contributed by atoms with Gasteiger partial charge in [0.2, 0.25) is 0 Å². The van der Waals surface area contributed by atoms with E-state index < -0.39 is 0 Å². The first kappa shape index (κ1) is 17.1. The van der Waals surface area contributed by atoms with E-state index in [-0.39, 0.29) is 11.8 Å². The monoisotopic (exact) mass is 358 g/mol. The molecule has 0 bridgehead atoms. The summed E-state index contributed by atoms with van der Waals surface area (Å²) in [5, 5.41) is 14.3. The SMILES string of the molecule is CC(C)n1cc(-c2cccc(O)c2)c2c(NCc3ccccc3)ncnc21. The second kappa shape index (κ2) is 7.11. The van der Waals surface area contributed by atoms with E-state index in [1.165, 1.54) is 5.56 Å². The van der Waals surface area contributed by atoms with Crippen molar-refractivity contribution in [2.24, 2.45) is 0 Å². The van der Waals surface area contributed by atoms with Crippen LogP contribution in [0.25, 0.3) is 22.2 Å². The van der Waals surface area contributed by atoms with Gasteiger partial charge in [0.15, 0.2) is 0 Å². The fourth-order valence-corrected chi connectivity index (χ4v) is 3.29. The molecule has 0 saturated heterocycles. The van der Waals surface area contributed by atoms with Crippen molar-refractivity contribution < 1.29 is 5.11 Å². The molecule has 4 rings (SSSR count). The zero-order chi connectivity index (χ0) is 18.8. The molecule has 5 nitrogen and oxygen atoms in total. The van der Waals surface area contributed by atoms with Crippen molar-refractivity contribution in [3.8, 4) is 16.9 Å². The third kappa shape index (κ3) is 3.36. The van der Waals surface area contributed by atoms with Crippen LogP contribution in [0, 0.1) is 0 Å². The number of aromatic hydroxyl groups is 1. The van der Waals surface area contributed by atoms with Gasteiger partial charge in [-0.15, -0.1) is 0 Å². The van der Waals surface area contributed by atoms with Gasteiger partial charge in [-0.2, -0.15) is 0 Å². The summed E-state index contributed by atoms with van der Waals surface area (Å²) >= 11 is 0. The number of rotatable bonds is 5. The van der Waals surface area contributed by atoms with Gasteiger partial charge in [0.25, 0.3) is 0 Å². The highest BCUT2D eigenvalue weighted by Crippen LogP contribution is 2.36. The van der Waals surface area contributed by atoms with E-state index in [1.807, 2.05) is 30.3 Å². The molecule has 2 heterocycles. The van der Waals surface area contributed by atoms with Gasteiger partial charge in [0, 0.05) is 24.3 Å². The van der Waals surface area contributed by atoms with Gasteiger partial charge in [0.1, 0.15) is 23.5 Å². The van der Waals surface area contributed by atoms with Crippen LogP contribution in [0.15, 0.2) is 67.1 Å². The van der Waals surface area contributed by atoms with Crippen molar-refractivity contribution in [1.29, 1.82) is 0 Å². The highest BCUT2D eigenvalue weighted by molar-refractivity contribution is 6.01. The minimum atomic E-state index is 0.244. The third-order valence-electron chi connectivity index (χ3n) is 4.63. The largest absolute Gasteiger partial charge is 0.508 e. The molecule has 2 aromatic carbocycles. The molecule has 2 aromatic heterocycles. The number of fused-ring (bicyclic) bond motifs is 1. The van der Waals surface area contributed by atoms with E-state index in [0.29, 0.717) is 6.54 Å². The molecule has 0 amide bonds. The van der Waals surface area contributed by atoms with E-state index in [2.05, 4.69) is 52.0 Å². The Labute approximate surface area is 158 Å². The Morgan fingerprint density at radius 2 is 1.85 bits per heavy atom. The predicted molar refractivity (Wildman–Crippen MR) is 109 cm³/mol. The van der Waals surface area contributed by atoms with Crippen LogP contribution in [0.2, 0.25) is 0 Å². The maximum atomic E-state index is 9.93. The van der Waals surface area contributed by atoms with Crippen LogP contribution in [0.3, 0.4) is 0 Å². The molecular weight excluding hydrogens is 336 g/mol. The Hall–Kier alpha value is -3.34. The average Bonchev–Trinajstić information content (AvgIpc) is 3.08. The second-order valence-electron chi connectivity index (χ2n) is 6.85. The topological polar surface area (TPSA) is 63.0 Å². The lowest BCUT2D eigenvalue weighted by Crippen LogP contribution is -2.04. The van der Waals surface area contributed by atoms with Gasteiger partial charge in [-0.3, -0.25) is 0 Å². The zero-order valence-electron chi connectivity index (χ0n) is 15.4. The van der Waals surface area contributed by atoms with Gasteiger partial charge >= 0.3 is 0 Å². The molecule has 5 heteroatoms. The molecule has 0 aliphatic heterocycles. The average molecular weight is 358 g/mol. The molecule has 0 atom stereocenters. The fourth-order valence-electron chi connectivity index (χ4n) is 3.29. The summed E-state index contributed by atoms with van der Waals surface area (Å²) in [6.45, 7) is 4.94. The number of phenolic OH excluding ortho intramolecular Hbond substituents is 1. The van der Waals surface area contributed by atoms with E-state index in [1.54, 1.807) is 18.5 Å². The lowest BCUT2D eigenvalue weighted by molar-refractivity contribution is 0.475. The molecular formula is C22H22N4O. The van der Waals surface area contributed by atoms with Crippen LogP contribution in [0.4, 0.5) is 5.82 Å².